The van der Waals surface area contributed by atoms with E-state index in [1.807, 2.05) is 19.1 Å². The number of aromatic amines is 2. The lowest BCUT2D eigenvalue weighted by Gasteiger charge is -2.02. The van der Waals surface area contributed by atoms with E-state index >= 15 is 0 Å². The first-order valence-electron chi connectivity index (χ1n) is 5.66. The van der Waals surface area contributed by atoms with Crippen molar-refractivity contribution >= 4 is 16.9 Å². The minimum atomic E-state index is -1.09. The Balaban J connectivity index is 2.18. The molecule has 0 spiro atoms. The van der Waals surface area contributed by atoms with E-state index in [1.165, 1.54) is 6.07 Å². The number of aromatic nitrogens is 3. The van der Waals surface area contributed by atoms with Gasteiger partial charge in [-0.05, 0) is 31.2 Å². The Morgan fingerprint density at radius 1 is 1.32 bits per heavy atom. The Morgan fingerprint density at radius 2 is 2.11 bits per heavy atom. The lowest BCUT2D eigenvalue weighted by molar-refractivity contribution is 0.0690. The number of fused-ring (bicyclic) bond motifs is 1. The van der Waals surface area contributed by atoms with Crippen LogP contribution >= 0.6 is 0 Å². The molecule has 19 heavy (non-hydrogen) atoms. The van der Waals surface area contributed by atoms with Gasteiger partial charge in [0.25, 0.3) is 0 Å². The van der Waals surface area contributed by atoms with Crippen molar-refractivity contribution in [1.29, 1.82) is 0 Å². The second kappa shape index (κ2) is 3.88. The number of aromatic hydroxyl groups is 1. The largest absolute Gasteiger partial charge is 0.507 e. The van der Waals surface area contributed by atoms with Gasteiger partial charge in [-0.15, -0.1) is 0 Å². The first kappa shape index (κ1) is 11.3. The number of hydrogen-bond donors (Lipinski definition) is 4. The third kappa shape index (κ3) is 1.74. The molecule has 0 radical (unpaired) electrons. The highest BCUT2D eigenvalue weighted by Crippen LogP contribution is 2.35. The molecule has 3 aromatic rings. The number of nitrogens with one attached hydrogen (secondary N) is 2. The van der Waals surface area contributed by atoms with Gasteiger partial charge in [0, 0.05) is 22.2 Å². The fraction of sp³-hybridized carbons (Fsp3) is 0.0769. The molecule has 0 amide bonds. The lowest BCUT2D eigenvalue weighted by Crippen LogP contribution is -1.95. The van der Waals surface area contributed by atoms with Crippen LogP contribution in [0.5, 0.6) is 5.75 Å². The highest BCUT2D eigenvalue weighted by Gasteiger charge is 2.14. The van der Waals surface area contributed by atoms with Crippen LogP contribution in [0.4, 0.5) is 0 Å². The fourth-order valence-corrected chi connectivity index (χ4v) is 2.10. The smallest absolute Gasteiger partial charge is 0.353 e. The number of phenolic OH excluding ortho intramolecular Hbond substituents is 1. The van der Waals surface area contributed by atoms with Crippen LogP contribution in [0.1, 0.15) is 16.2 Å². The molecule has 0 aliphatic carbocycles. The van der Waals surface area contributed by atoms with Crippen molar-refractivity contribution in [2.24, 2.45) is 0 Å². The molecule has 96 valence electrons. The minimum absolute atomic E-state index is 0.0141. The van der Waals surface area contributed by atoms with E-state index in [1.54, 1.807) is 6.07 Å². The van der Waals surface area contributed by atoms with Crippen LogP contribution in [0.15, 0.2) is 24.3 Å². The zero-order chi connectivity index (χ0) is 13.6. The number of phenols is 1. The van der Waals surface area contributed by atoms with Crippen LogP contribution in [0, 0.1) is 6.92 Å². The van der Waals surface area contributed by atoms with Crippen LogP contribution in [0.3, 0.4) is 0 Å². The molecule has 0 saturated heterocycles. The number of nitrogens with zero attached hydrogens (tertiary/aromatic N) is 1. The Bertz CT molecular complexity index is 786. The average Bonchev–Trinajstić information content (AvgIpc) is 2.95. The maximum atomic E-state index is 10.8. The summed E-state index contributed by atoms with van der Waals surface area (Å²) in [6.45, 7) is 1.90. The summed E-state index contributed by atoms with van der Waals surface area (Å²) in [7, 11) is 0. The normalized spacial score (nSPS) is 11.0. The molecule has 0 unspecified atom stereocenters. The summed E-state index contributed by atoms with van der Waals surface area (Å²) in [4.78, 5) is 13.9. The van der Waals surface area contributed by atoms with Gasteiger partial charge >= 0.3 is 5.97 Å². The molecule has 2 aromatic heterocycles. The number of carboxylic acids is 1. The van der Waals surface area contributed by atoms with Gasteiger partial charge in [-0.25, -0.2) is 4.79 Å². The third-order valence-corrected chi connectivity index (χ3v) is 2.99. The third-order valence-electron chi connectivity index (χ3n) is 2.99. The minimum Gasteiger partial charge on any atom is -0.507 e. The monoisotopic (exact) mass is 257 g/mol. The Morgan fingerprint density at radius 3 is 2.79 bits per heavy atom. The summed E-state index contributed by atoms with van der Waals surface area (Å²) in [6, 6.07) is 6.75. The molecule has 0 atom stereocenters. The van der Waals surface area contributed by atoms with Crippen LogP contribution in [0.25, 0.3) is 22.2 Å². The highest BCUT2D eigenvalue weighted by molar-refractivity contribution is 5.94. The number of benzene rings is 1. The van der Waals surface area contributed by atoms with E-state index < -0.39 is 5.97 Å². The zero-order valence-corrected chi connectivity index (χ0v) is 10.1. The number of aromatic carboxylic acids is 1. The standard InChI is InChI=1S/C13H11N3O3/c1-6-4-8-9(14-6)3-2-7(12(8)17)10-5-11(13(18)19)16-15-10/h2-5,14,17H,1H3,(H,15,16)(H,18,19). The number of H-pyrrole nitrogens is 2. The first-order chi connectivity index (χ1) is 9.06. The Labute approximate surface area is 107 Å². The molecule has 4 N–H and O–H groups in total. The summed E-state index contributed by atoms with van der Waals surface area (Å²) in [5, 5.41) is 26.1. The van der Waals surface area contributed by atoms with Crippen molar-refractivity contribution in [3.05, 3.63) is 35.7 Å². The molecule has 0 aliphatic heterocycles. The maximum Gasteiger partial charge on any atom is 0.353 e. The van der Waals surface area contributed by atoms with Gasteiger partial charge in [-0.2, -0.15) is 5.10 Å². The van der Waals surface area contributed by atoms with Crippen molar-refractivity contribution < 1.29 is 15.0 Å². The van der Waals surface area contributed by atoms with Crippen molar-refractivity contribution in [2.45, 2.75) is 6.92 Å². The quantitative estimate of drug-likeness (QED) is 0.565. The summed E-state index contributed by atoms with van der Waals surface area (Å²) in [6.07, 6.45) is 0. The van der Waals surface area contributed by atoms with Crippen molar-refractivity contribution in [3.8, 4) is 17.0 Å². The Hall–Kier alpha value is -2.76. The molecular formula is C13H11N3O3. The molecular weight excluding hydrogens is 246 g/mol. The van der Waals surface area contributed by atoms with Gasteiger partial charge in [-0.1, -0.05) is 0 Å². The van der Waals surface area contributed by atoms with Crippen LogP contribution in [-0.2, 0) is 0 Å². The number of carbonyl (C=O) groups is 1. The van der Waals surface area contributed by atoms with Gasteiger partial charge in [-0.3, -0.25) is 5.10 Å². The summed E-state index contributed by atoms with van der Waals surface area (Å²) in [5.41, 5.74) is 2.65. The van der Waals surface area contributed by atoms with Gasteiger partial charge in [0.2, 0.25) is 0 Å². The summed E-state index contributed by atoms with van der Waals surface area (Å²) < 4.78 is 0. The molecule has 6 heteroatoms. The predicted octanol–water partition coefficient (Wildman–Crippen LogP) is 2.27. The van der Waals surface area contributed by atoms with Crippen molar-refractivity contribution in [3.63, 3.8) is 0 Å². The molecule has 3 rings (SSSR count). The highest BCUT2D eigenvalue weighted by atomic mass is 16.4. The number of aryl methyl sites for hydroxylation is 1. The lowest BCUT2D eigenvalue weighted by atomic mass is 10.1. The number of carboxylic acid groups (broad SMARTS) is 1. The average molecular weight is 257 g/mol. The predicted molar refractivity (Wildman–Crippen MR) is 69.2 cm³/mol. The maximum absolute atomic E-state index is 10.8. The number of rotatable bonds is 2. The van der Waals surface area contributed by atoms with E-state index in [2.05, 4.69) is 15.2 Å². The second-order valence-corrected chi connectivity index (χ2v) is 4.35. The topological polar surface area (TPSA) is 102 Å². The SMILES string of the molecule is Cc1cc2c(O)c(-c3cc(C(=O)O)[nH]n3)ccc2[nH]1. The van der Waals surface area contributed by atoms with Crippen molar-refractivity contribution in [2.75, 3.05) is 0 Å². The Kier molecular flexibility index (Phi) is 2.31. The summed E-state index contributed by atoms with van der Waals surface area (Å²) in [5.74, 6) is -0.998. The molecule has 0 fully saturated rings. The molecule has 1 aromatic carbocycles. The van der Waals surface area contributed by atoms with Crippen LogP contribution < -0.4 is 0 Å². The molecule has 6 nitrogen and oxygen atoms in total. The number of hydrogen-bond acceptors (Lipinski definition) is 3. The van der Waals surface area contributed by atoms with Gasteiger partial charge in [0.1, 0.15) is 11.4 Å². The van der Waals surface area contributed by atoms with Crippen molar-refractivity contribution in [1.82, 2.24) is 15.2 Å². The summed E-state index contributed by atoms with van der Waals surface area (Å²) >= 11 is 0. The van der Waals surface area contributed by atoms with Crippen LogP contribution in [0.2, 0.25) is 0 Å². The zero-order valence-electron chi connectivity index (χ0n) is 10.1. The molecule has 0 saturated carbocycles. The fourth-order valence-electron chi connectivity index (χ4n) is 2.10. The van der Waals surface area contributed by atoms with E-state index in [0.717, 1.165) is 11.2 Å². The van der Waals surface area contributed by atoms with E-state index in [9.17, 15) is 9.90 Å². The molecule has 0 bridgehead atoms. The van der Waals surface area contributed by atoms with Gasteiger partial charge in [0.15, 0.2) is 0 Å². The van der Waals surface area contributed by atoms with E-state index in [0.29, 0.717) is 16.6 Å². The van der Waals surface area contributed by atoms with E-state index in [4.69, 9.17) is 5.11 Å². The van der Waals surface area contributed by atoms with Gasteiger partial charge in [0.05, 0.1) is 5.69 Å². The molecule has 0 aliphatic rings. The van der Waals surface area contributed by atoms with E-state index in [-0.39, 0.29) is 11.4 Å². The molecule has 2 heterocycles. The van der Waals surface area contributed by atoms with Gasteiger partial charge < -0.3 is 15.2 Å². The second-order valence-electron chi connectivity index (χ2n) is 4.35. The first-order valence-corrected chi connectivity index (χ1v) is 5.66. The van der Waals surface area contributed by atoms with Crippen LogP contribution in [-0.4, -0.2) is 31.4 Å².